The maximum absolute atomic E-state index is 11.7. The molecule has 1 rings (SSSR count). The summed E-state index contributed by atoms with van der Waals surface area (Å²) in [5.74, 6) is 0.236. The van der Waals surface area contributed by atoms with Crippen molar-refractivity contribution in [3.63, 3.8) is 0 Å². The third-order valence-electron chi connectivity index (χ3n) is 3.70. The maximum Gasteiger partial charge on any atom is 0.315 e. The minimum atomic E-state index is -0.782. The summed E-state index contributed by atoms with van der Waals surface area (Å²) in [6, 6.07) is -0.0467. The monoisotopic (exact) mass is 288 g/mol. The van der Waals surface area contributed by atoms with Crippen molar-refractivity contribution in [1.29, 1.82) is 0 Å². The zero-order valence-electron chi connectivity index (χ0n) is 11.7. The second-order valence-electron chi connectivity index (χ2n) is 5.43. The number of carboxylic acids is 1. The molecule has 1 atom stereocenters. The summed E-state index contributed by atoms with van der Waals surface area (Å²) in [6.07, 6.45) is 5.97. The van der Waals surface area contributed by atoms with Gasteiger partial charge in [0.05, 0.1) is 6.42 Å². The van der Waals surface area contributed by atoms with Crippen molar-refractivity contribution < 1.29 is 14.7 Å². The highest BCUT2D eigenvalue weighted by Crippen LogP contribution is 2.43. The number of aliphatic carboxylic acids is 1. The van der Waals surface area contributed by atoms with Gasteiger partial charge in [-0.05, 0) is 43.6 Å². The van der Waals surface area contributed by atoms with E-state index in [0.29, 0.717) is 6.54 Å². The van der Waals surface area contributed by atoms with Gasteiger partial charge in [-0.3, -0.25) is 4.79 Å². The van der Waals surface area contributed by atoms with Crippen LogP contribution < -0.4 is 10.6 Å². The van der Waals surface area contributed by atoms with Gasteiger partial charge in [-0.25, -0.2) is 4.79 Å². The average molecular weight is 288 g/mol. The number of carbonyl (C=O) groups excluding carboxylic acids is 1. The van der Waals surface area contributed by atoms with Gasteiger partial charge in [0.1, 0.15) is 0 Å². The van der Waals surface area contributed by atoms with Crippen LogP contribution in [0.15, 0.2) is 0 Å². The molecule has 0 aliphatic heterocycles. The Morgan fingerprint density at radius 2 is 2.11 bits per heavy atom. The van der Waals surface area contributed by atoms with Gasteiger partial charge in [0.2, 0.25) is 0 Å². The molecule has 2 amide bonds. The summed E-state index contributed by atoms with van der Waals surface area (Å²) in [4.78, 5) is 22.5. The van der Waals surface area contributed by atoms with Crippen LogP contribution in [0.2, 0.25) is 0 Å². The summed E-state index contributed by atoms with van der Waals surface area (Å²) in [5.41, 5.74) is -0.217. The van der Waals surface area contributed by atoms with Gasteiger partial charge in [0.15, 0.2) is 0 Å². The van der Waals surface area contributed by atoms with Crippen LogP contribution in [0.4, 0.5) is 4.79 Å². The van der Waals surface area contributed by atoms with E-state index in [9.17, 15) is 9.59 Å². The standard InChI is InChI=1S/C13H24N2O3S/c1-10(4-7-19-2)15-12(18)14-9-13(5-3-6-13)8-11(16)17/h10H,3-9H2,1-2H3,(H,16,17)(H2,14,15,18). The van der Waals surface area contributed by atoms with Crippen LogP contribution in [0.5, 0.6) is 0 Å². The van der Waals surface area contributed by atoms with Crippen molar-refractivity contribution in [3.8, 4) is 0 Å². The smallest absolute Gasteiger partial charge is 0.315 e. The molecule has 1 saturated carbocycles. The van der Waals surface area contributed by atoms with Crippen molar-refractivity contribution in [2.75, 3.05) is 18.6 Å². The molecule has 0 aromatic rings. The van der Waals surface area contributed by atoms with Gasteiger partial charge in [-0.15, -0.1) is 0 Å². The number of hydrogen-bond acceptors (Lipinski definition) is 3. The van der Waals surface area contributed by atoms with E-state index >= 15 is 0 Å². The predicted molar refractivity (Wildman–Crippen MR) is 77.5 cm³/mol. The normalized spacial score (nSPS) is 18.2. The fourth-order valence-electron chi connectivity index (χ4n) is 2.32. The Kier molecular flexibility index (Phi) is 6.48. The van der Waals surface area contributed by atoms with Crippen LogP contribution in [0.1, 0.15) is 39.0 Å². The fraction of sp³-hybridized carbons (Fsp3) is 0.846. The van der Waals surface area contributed by atoms with Gasteiger partial charge >= 0.3 is 12.0 Å². The number of carbonyl (C=O) groups is 2. The second-order valence-corrected chi connectivity index (χ2v) is 6.42. The number of nitrogens with one attached hydrogen (secondary N) is 2. The Bertz CT molecular complexity index is 319. The Balaban J connectivity index is 2.26. The first-order chi connectivity index (χ1) is 8.97. The molecule has 5 nitrogen and oxygen atoms in total. The molecular weight excluding hydrogens is 264 g/mol. The first-order valence-corrected chi connectivity index (χ1v) is 8.12. The van der Waals surface area contributed by atoms with Crippen molar-refractivity contribution in [2.45, 2.75) is 45.1 Å². The van der Waals surface area contributed by atoms with Crippen LogP contribution >= 0.6 is 11.8 Å². The third-order valence-corrected chi connectivity index (χ3v) is 4.34. The van der Waals surface area contributed by atoms with Gasteiger partial charge < -0.3 is 15.7 Å². The molecule has 1 aliphatic carbocycles. The molecule has 6 heteroatoms. The van der Waals surface area contributed by atoms with Crippen molar-refractivity contribution in [2.24, 2.45) is 5.41 Å². The number of carboxylic acid groups (broad SMARTS) is 1. The van der Waals surface area contributed by atoms with E-state index in [2.05, 4.69) is 10.6 Å². The molecule has 19 heavy (non-hydrogen) atoms. The van der Waals surface area contributed by atoms with Crippen LogP contribution in [0.3, 0.4) is 0 Å². The van der Waals surface area contributed by atoms with Crippen LogP contribution in [0.25, 0.3) is 0 Å². The number of thioether (sulfide) groups is 1. The summed E-state index contributed by atoms with van der Waals surface area (Å²) < 4.78 is 0. The lowest BCUT2D eigenvalue weighted by atomic mass is 9.66. The Morgan fingerprint density at radius 1 is 1.42 bits per heavy atom. The topological polar surface area (TPSA) is 78.4 Å². The highest BCUT2D eigenvalue weighted by molar-refractivity contribution is 7.98. The first-order valence-electron chi connectivity index (χ1n) is 6.72. The second kappa shape index (κ2) is 7.62. The molecule has 0 spiro atoms. The quantitative estimate of drug-likeness (QED) is 0.639. The lowest BCUT2D eigenvalue weighted by Crippen LogP contribution is -2.48. The number of rotatable bonds is 8. The number of amides is 2. The Morgan fingerprint density at radius 3 is 2.58 bits per heavy atom. The lowest BCUT2D eigenvalue weighted by molar-refractivity contribution is -0.141. The molecule has 0 saturated heterocycles. The van der Waals surface area contributed by atoms with E-state index in [4.69, 9.17) is 5.11 Å². The van der Waals surface area contributed by atoms with Gasteiger partial charge in [0, 0.05) is 12.6 Å². The fourth-order valence-corrected chi connectivity index (χ4v) is 2.91. The third kappa shape index (κ3) is 5.72. The van der Waals surface area contributed by atoms with Crippen LogP contribution in [-0.4, -0.2) is 41.7 Å². The van der Waals surface area contributed by atoms with E-state index in [-0.39, 0.29) is 23.9 Å². The largest absolute Gasteiger partial charge is 0.481 e. The van der Waals surface area contributed by atoms with E-state index in [1.807, 2.05) is 13.2 Å². The molecule has 1 fully saturated rings. The molecule has 0 aromatic heterocycles. The number of hydrogen-bond donors (Lipinski definition) is 3. The predicted octanol–water partition coefficient (Wildman–Crippen LogP) is 2.07. The van der Waals surface area contributed by atoms with E-state index in [1.54, 1.807) is 11.8 Å². The minimum absolute atomic E-state index is 0.143. The zero-order chi connectivity index (χ0) is 14.3. The van der Waals surface area contributed by atoms with Gasteiger partial charge in [0.25, 0.3) is 0 Å². The molecule has 0 aromatic carbocycles. The molecule has 0 heterocycles. The molecule has 110 valence electrons. The van der Waals surface area contributed by atoms with Gasteiger partial charge in [-0.1, -0.05) is 6.42 Å². The van der Waals surface area contributed by atoms with E-state index in [0.717, 1.165) is 31.4 Å². The molecule has 0 bridgehead atoms. The Hall–Kier alpha value is -0.910. The van der Waals surface area contributed by atoms with Crippen LogP contribution in [0, 0.1) is 5.41 Å². The van der Waals surface area contributed by atoms with Crippen LogP contribution in [-0.2, 0) is 4.79 Å². The lowest BCUT2D eigenvalue weighted by Gasteiger charge is -2.40. The summed E-state index contributed by atoms with van der Waals surface area (Å²) >= 11 is 1.76. The van der Waals surface area contributed by atoms with E-state index < -0.39 is 5.97 Å². The summed E-state index contributed by atoms with van der Waals surface area (Å²) in [7, 11) is 0. The van der Waals surface area contributed by atoms with Crippen molar-refractivity contribution >= 4 is 23.8 Å². The highest BCUT2D eigenvalue weighted by atomic mass is 32.2. The molecule has 1 aliphatic rings. The summed E-state index contributed by atoms with van der Waals surface area (Å²) in [6.45, 7) is 2.44. The SMILES string of the molecule is CSCCC(C)NC(=O)NCC1(CC(=O)O)CCC1. The molecule has 1 unspecified atom stereocenters. The molecule has 0 radical (unpaired) electrons. The maximum atomic E-state index is 11.7. The van der Waals surface area contributed by atoms with Crippen molar-refractivity contribution in [1.82, 2.24) is 10.6 Å². The van der Waals surface area contributed by atoms with Gasteiger partial charge in [-0.2, -0.15) is 11.8 Å². The Labute approximate surface area is 118 Å². The molecular formula is C13H24N2O3S. The van der Waals surface area contributed by atoms with E-state index in [1.165, 1.54) is 0 Å². The molecule has 3 N–H and O–H groups in total. The highest BCUT2D eigenvalue weighted by Gasteiger charge is 2.39. The summed E-state index contributed by atoms with van der Waals surface area (Å²) in [5, 5.41) is 14.6. The minimum Gasteiger partial charge on any atom is -0.481 e. The zero-order valence-corrected chi connectivity index (χ0v) is 12.5. The van der Waals surface area contributed by atoms with Crippen molar-refractivity contribution in [3.05, 3.63) is 0 Å². The average Bonchev–Trinajstić information content (AvgIpc) is 2.29. The first kappa shape index (κ1) is 16.1. The number of urea groups is 1.